The molecule has 0 aliphatic heterocycles. The van der Waals surface area contributed by atoms with E-state index < -0.39 is 5.97 Å². The minimum Gasteiger partial charge on any atom is -0.481 e. The number of thioether (sulfide) groups is 1. The maximum absolute atomic E-state index is 11.7. The molecule has 20 heavy (non-hydrogen) atoms. The van der Waals surface area contributed by atoms with Crippen LogP contribution in [0.15, 0.2) is 0 Å². The summed E-state index contributed by atoms with van der Waals surface area (Å²) in [6.45, 7) is 5.12. The van der Waals surface area contributed by atoms with Gasteiger partial charge in [0.15, 0.2) is 0 Å². The molecule has 0 aromatic rings. The fraction of sp³-hybridized carbons (Fsp3) is 0.769. The van der Waals surface area contributed by atoms with Crippen molar-refractivity contribution in [3.05, 3.63) is 0 Å². The molecule has 0 bridgehead atoms. The molecule has 0 aliphatic rings. The van der Waals surface area contributed by atoms with Gasteiger partial charge in [0.1, 0.15) is 0 Å². The lowest BCUT2D eigenvalue weighted by atomic mass is 10.3. The average Bonchev–Trinajstić information content (AvgIpc) is 2.43. The molecule has 0 aromatic heterocycles. The number of carboxylic acid groups (broad SMARTS) is 1. The van der Waals surface area contributed by atoms with E-state index in [1.54, 1.807) is 18.7 Å². The Bertz CT molecular complexity index is 323. The summed E-state index contributed by atoms with van der Waals surface area (Å²) in [6, 6.07) is 0. The molecule has 0 fully saturated rings. The minimum atomic E-state index is -0.804. The van der Waals surface area contributed by atoms with Crippen molar-refractivity contribution in [3.63, 3.8) is 0 Å². The molecule has 0 unspecified atom stereocenters. The van der Waals surface area contributed by atoms with Crippen molar-refractivity contribution < 1.29 is 19.5 Å². The molecular formula is C13H24N2O4S. The molecule has 0 rings (SSSR count). The normalized spacial score (nSPS) is 10.1. The monoisotopic (exact) mass is 304 g/mol. The van der Waals surface area contributed by atoms with Gasteiger partial charge in [0, 0.05) is 44.0 Å². The number of carboxylic acids is 1. The highest BCUT2D eigenvalue weighted by Gasteiger charge is 2.11. The van der Waals surface area contributed by atoms with Gasteiger partial charge < -0.3 is 15.3 Å². The lowest BCUT2D eigenvalue weighted by molar-refractivity contribution is -0.136. The summed E-state index contributed by atoms with van der Waals surface area (Å²) in [7, 11) is 0. The summed E-state index contributed by atoms with van der Waals surface area (Å²) >= 11 is 1.52. The quantitative estimate of drug-likeness (QED) is 0.555. The number of hydrogen-bond acceptors (Lipinski definition) is 4. The first-order chi connectivity index (χ1) is 9.51. The van der Waals surface area contributed by atoms with E-state index in [2.05, 4.69) is 5.32 Å². The van der Waals surface area contributed by atoms with E-state index in [4.69, 9.17) is 5.11 Å². The van der Waals surface area contributed by atoms with Crippen molar-refractivity contribution in [2.75, 3.05) is 31.1 Å². The van der Waals surface area contributed by atoms with E-state index >= 15 is 0 Å². The van der Waals surface area contributed by atoms with Crippen LogP contribution in [0.3, 0.4) is 0 Å². The van der Waals surface area contributed by atoms with Gasteiger partial charge in [-0.05, 0) is 0 Å². The second-order valence-electron chi connectivity index (χ2n) is 4.19. The standard InChI is InChI=1S/C13H24N2O4S/c1-3-11(16)14-6-7-15(12(17)4-2)8-10-20-9-5-13(18)19/h3-10H2,1-2H3,(H,14,16)(H,18,19). The molecule has 0 spiro atoms. The van der Waals surface area contributed by atoms with Gasteiger partial charge in [0.05, 0.1) is 6.42 Å². The first kappa shape index (κ1) is 18.8. The molecule has 116 valence electrons. The van der Waals surface area contributed by atoms with Gasteiger partial charge in [-0.3, -0.25) is 14.4 Å². The molecular weight excluding hydrogens is 280 g/mol. The van der Waals surface area contributed by atoms with Crippen molar-refractivity contribution in [2.24, 2.45) is 0 Å². The van der Waals surface area contributed by atoms with Crippen LogP contribution in [0.5, 0.6) is 0 Å². The molecule has 0 radical (unpaired) electrons. The molecule has 2 amide bonds. The highest BCUT2D eigenvalue weighted by Crippen LogP contribution is 2.04. The second kappa shape index (κ2) is 11.6. The summed E-state index contributed by atoms with van der Waals surface area (Å²) < 4.78 is 0. The third kappa shape index (κ3) is 9.66. The Morgan fingerprint density at radius 2 is 1.80 bits per heavy atom. The molecule has 7 heteroatoms. The molecule has 0 atom stereocenters. The average molecular weight is 304 g/mol. The molecule has 0 aromatic carbocycles. The van der Waals surface area contributed by atoms with E-state index in [1.165, 1.54) is 11.8 Å². The Morgan fingerprint density at radius 3 is 2.35 bits per heavy atom. The summed E-state index contributed by atoms with van der Waals surface area (Å²) in [6.07, 6.45) is 1.01. The van der Waals surface area contributed by atoms with Crippen molar-refractivity contribution in [3.8, 4) is 0 Å². The zero-order chi connectivity index (χ0) is 15.4. The molecule has 0 saturated heterocycles. The Kier molecular flexibility index (Phi) is 10.9. The van der Waals surface area contributed by atoms with Gasteiger partial charge >= 0.3 is 5.97 Å². The topological polar surface area (TPSA) is 86.7 Å². The van der Waals surface area contributed by atoms with Crippen LogP contribution in [0.4, 0.5) is 0 Å². The fourth-order valence-corrected chi connectivity index (χ4v) is 2.35. The van der Waals surface area contributed by atoms with Crippen LogP contribution in [0.1, 0.15) is 33.1 Å². The zero-order valence-corrected chi connectivity index (χ0v) is 13.0. The number of amides is 2. The number of aliphatic carboxylic acids is 1. The van der Waals surface area contributed by atoms with Crippen LogP contribution >= 0.6 is 11.8 Å². The first-order valence-electron chi connectivity index (χ1n) is 6.85. The highest BCUT2D eigenvalue weighted by molar-refractivity contribution is 7.99. The third-order valence-electron chi connectivity index (χ3n) is 2.65. The Morgan fingerprint density at radius 1 is 1.10 bits per heavy atom. The first-order valence-corrected chi connectivity index (χ1v) is 8.00. The predicted molar refractivity (Wildman–Crippen MR) is 79.7 cm³/mol. The predicted octanol–water partition coefficient (Wildman–Crippen LogP) is 0.959. The highest BCUT2D eigenvalue weighted by atomic mass is 32.2. The van der Waals surface area contributed by atoms with Gasteiger partial charge in [0.2, 0.25) is 11.8 Å². The lowest BCUT2D eigenvalue weighted by Crippen LogP contribution is -2.39. The zero-order valence-electron chi connectivity index (χ0n) is 12.2. The number of rotatable bonds is 11. The van der Waals surface area contributed by atoms with Gasteiger partial charge in [-0.1, -0.05) is 13.8 Å². The fourth-order valence-electron chi connectivity index (χ4n) is 1.48. The van der Waals surface area contributed by atoms with Crippen molar-refractivity contribution in [2.45, 2.75) is 33.1 Å². The van der Waals surface area contributed by atoms with Crippen molar-refractivity contribution >= 4 is 29.5 Å². The Balaban J connectivity index is 3.94. The molecule has 0 saturated carbocycles. The summed E-state index contributed by atoms with van der Waals surface area (Å²) in [5, 5.41) is 11.3. The number of nitrogens with one attached hydrogen (secondary N) is 1. The molecule has 6 nitrogen and oxygen atoms in total. The summed E-state index contributed by atoms with van der Waals surface area (Å²) in [5.74, 6) is 0.483. The van der Waals surface area contributed by atoms with Crippen LogP contribution in [0.2, 0.25) is 0 Å². The number of carbonyl (C=O) groups is 3. The maximum Gasteiger partial charge on any atom is 0.304 e. The summed E-state index contributed by atoms with van der Waals surface area (Å²) in [5.41, 5.74) is 0. The van der Waals surface area contributed by atoms with Crippen LogP contribution in [0.25, 0.3) is 0 Å². The van der Waals surface area contributed by atoms with Crippen molar-refractivity contribution in [1.82, 2.24) is 10.2 Å². The van der Waals surface area contributed by atoms with E-state index in [0.717, 1.165) is 0 Å². The molecule has 0 heterocycles. The van der Waals surface area contributed by atoms with Gasteiger partial charge in [-0.15, -0.1) is 0 Å². The maximum atomic E-state index is 11.7. The van der Waals surface area contributed by atoms with Crippen LogP contribution in [0, 0.1) is 0 Å². The van der Waals surface area contributed by atoms with Crippen molar-refractivity contribution in [1.29, 1.82) is 0 Å². The van der Waals surface area contributed by atoms with Gasteiger partial charge in [-0.2, -0.15) is 11.8 Å². The molecule has 0 aliphatic carbocycles. The van der Waals surface area contributed by atoms with E-state index in [9.17, 15) is 14.4 Å². The largest absolute Gasteiger partial charge is 0.481 e. The Hall–Kier alpha value is -1.24. The lowest BCUT2D eigenvalue weighted by Gasteiger charge is -2.22. The van der Waals surface area contributed by atoms with Gasteiger partial charge in [0.25, 0.3) is 0 Å². The number of carbonyl (C=O) groups excluding carboxylic acids is 2. The smallest absolute Gasteiger partial charge is 0.304 e. The number of nitrogens with zero attached hydrogens (tertiary/aromatic N) is 1. The van der Waals surface area contributed by atoms with E-state index in [0.29, 0.717) is 44.0 Å². The van der Waals surface area contributed by atoms with E-state index in [-0.39, 0.29) is 18.2 Å². The van der Waals surface area contributed by atoms with Gasteiger partial charge in [-0.25, -0.2) is 0 Å². The van der Waals surface area contributed by atoms with Crippen LogP contribution < -0.4 is 5.32 Å². The summed E-state index contributed by atoms with van der Waals surface area (Å²) in [4.78, 5) is 34.9. The van der Waals surface area contributed by atoms with E-state index in [1.807, 2.05) is 0 Å². The molecule has 2 N–H and O–H groups in total. The minimum absolute atomic E-state index is 0.0234. The van der Waals surface area contributed by atoms with Crippen LogP contribution in [-0.4, -0.2) is 58.9 Å². The second-order valence-corrected chi connectivity index (χ2v) is 5.42. The Labute approximate surface area is 124 Å². The number of hydrogen-bond donors (Lipinski definition) is 2. The SMILES string of the molecule is CCC(=O)NCCN(CCSCCC(=O)O)C(=O)CC. The van der Waals surface area contributed by atoms with Crippen LogP contribution in [-0.2, 0) is 14.4 Å². The third-order valence-corrected chi connectivity index (χ3v) is 3.61.